The third kappa shape index (κ3) is 2.10. The number of hydrogen-bond acceptors (Lipinski definition) is 3. The zero-order chi connectivity index (χ0) is 14.4. The molecule has 1 aromatic heterocycles. The number of rotatable bonds is 2. The van der Waals surface area contributed by atoms with Crippen molar-refractivity contribution in [3.63, 3.8) is 0 Å². The molecule has 0 radical (unpaired) electrons. The molecule has 20 heavy (non-hydrogen) atoms. The summed E-state index contributed by atoms with van der Waals surface area (Å²) in [4.78, 5) is 14.9. The van der Waals surface area contributed by atoms with E-state index in [1.165, 1.54) is 0 Å². The van der Waals surface area contributed by atoms with Crippen LogP contribution in [0.5, 0.6) is 0 Å². The predicted molar refractivity (Wildman–Crippen MR) is 77.4 cm³/mol. The molecular weight excluding hydrogens is 254 g/mol. The van der Waals surface area contributed by atoms with Gasteiger partial charge in [0.1, 0.15) is 5.69 Å². The van der Waals surface area contributed by atoms with E-state index in [-0.39, 0.29) is 30.1 Å². The number of piperidine rings is 1. The Morgan fingerprint density at radius 2 is 1.95 bits per heavy atom. The van der Waals surface area contributed by atoms with Crippen LogP contribution in [0.1, 0.15) is 56.1 Å². The van der Waals surface area contributed by atoms with E-state index in [1.54, 1.807) is 6.07 Å². The number of nitrogens with two attached hydrogens (primary N) is 1. The first-order chi connectivity index (χ1) is 9.47. The van der Waals surface area contributed by atoms with E-state index in [9.17, 15) is 9.90 Å². The van der Waals surface area contributed by atoms with Crippen molar-refractivity contribution in [2.45, 2.75) is 63.8 Å². The van der Waals surface area contributed by atoms with Crippen LogP contribution in [0.4, 0.5) is 5.69 Å². The number of fused-ring (bicyclic) bond motifs is 2. The maximum Gasteiger partial charge on any atom is 0.271 e. The van der Waals surface area contributed by atoms with E-state index in [2.05, 4.69) is 0 Å². The lowest BCUT2D eigenvalue weighted by Crippen LogP contribution is -2.48. The van der Waals surface area contributed by atoms with Crippen molar-refractivity contribution in [2.24, 2.45) is 0 Å². The monoisotopic (exact) mass is 277 g/mol. The van der Waals surface area contributed by atoms with Gasteiger partial charge in [-0.15, -0.1) is 0 Å². The number of carbonyl (C=O) groups excluding carboxylic acids is 1. The van der Waals surface area contributed by atoms with Crippen molar-refractivity contribution >= 4 is 11.6 Å². The van der Waals surface area contributed by atoms with Crippen molar-refractivity contribution in [1.82, 2.24) is 9.47 Å². The van der Waals surface area contributed by atoms with Gasteiger partial charge in [-0.1, -0.05) is 0 Å². The smallest absolute Gasteiger partial charge is 0.271 e. The van der Waals surface area contributed by atoms with Crippen LogP contribution >= 0.6 is 0 Å². The van der Waals surface area contributed by atoms with E-state index in [0.717, 1.165) is 12.8 Å². The lowest BCUT2D eigenvalue weighted by atomic mass is 9.99. The number of hydrogen-bond donors (Lipinski definition) is 2. The van der Waals surface area contributed by atoms with E-state index in [0.29, 0.717) is 24.2 Å². The Balaban J connectivity index is 1.90. The standard InChI is InChI=1S/C15H23N3O2/c1-9(2)17-8-10(16)5-14(17)15(20)18-11-3-4-12(18)7-13(19)6-11/h5,8-9,11-13,19H,3-4,6-7,16H2,1-2H3. The Hall–Kier alpha value is -1.49. The number of anilines is 1. The van der Waals surface area contributed by atoms with Crippen LogP contribution in [0, 0.1) is 0 Å². The third-order valence-corrected chi connectivity index (χ3v) is 4.59. The number of aromatic nitrogens is 1. The second kappa shape index (κ2) is 4.81. The summed E-state index contributed by atoms with van der Waals surface area (Å²) in [7, 11) is 0. The maximum absolute atomic E-state index is 12.9. The zero-order valence-electron chi connectivity index (χ0n) is 12.1. The molecule has 110 valence electrons. The second-order valence-electron chi connectivity index (χ2n) is 6.38. The normalized spacial score (nSPS) is 29.2. The highest BCUT2D eigenvalue weighted by Gasteiger charge is 2.43. The number of aliphatic hydroxyl groups is 1. The average Bonchev–Trinajstić information content (AvgIpc) is 2.88. The molecule has 0 aromatic carbocycles. The Morgan fingerprint density at radius 1 is 1.35 bits per heavy atom. The van der Waals surface area contributed by atoms with Crippen LogP contribution in [0.2, 0.25) is 0 Å². The molecule has 2 bridgehead atoms. The number of nitrogens with zero attached hydrogens (tertiary/aromatic N) is 2. The quantitative estimate of drug-likeness (QED) is 0.865. The molecule has 5 heteroatoms. The van der Waals surface area contributed by atoms with Gasteiger partial charge in [-0.2, -0.15) is 0 Å². The summed E-state index contributed by atoms with van der Waals surface area (Å²) in [6.45, 7) is 4.09. The predicted octanol–water partition coefficient (Wildman–Crippen LogP) is 1.78. The molecule has 3 heterocycles. The number of nitrogen functional groups attached to an aromatic ring is 1. The van der Waals surface area contributed by atoms with Crippen LogP contribution in [-0.4, -0.2) is 38.7 Å². The lowest BCUT2D eigenvalue weighted by molar-refractivity contribution is 0.0278. The molecule has 2 atom stereocenters. The summed E-state index contributed by atoms with van der Waals surface area (Å²) < 4.78 is 1.95. The van der Waals surface area contributed by atoms with Gasteiger partial charge in [-0.3, -0.25) is 4.79 Å². The SMILES string of the molecule is CC(C)n1cc(N)cc1C(=O)N1C2CCC1CC(O)C2. The highest BCUT2D eigenvalue weighted by Crippen LogP contribution is 2.37. The van der Waals surface area contributed by atoms with Gasteiger partial charge in [0.25, 0.3) is 5.91 Å². The largest absolute Gasteiger partial charge is 0.397 e. The Bertz CT molecular complexity index is 509. The molecule has 2 saturated heterocycles. The van der Waals surface area contributed by atoms with Crippen molar-refractivity contribution in [3.05, 3.63) is 18.0 Å². The van der Waals surface area contributed by atoms with Crippen molar-refractivity contribution in [2.75, 3.05) is 5.73 Å². The first kappa shape index (κ1) is 13.5. The summed E-state index contributed by atoms with van der Waals surface area (Å²) in [5, 5.41) is 9.84. The van der Waals surface area contributed by atoms with Gasteiger partial charge in [0.2, 0.25) is 0 Å². The number of amides is 1. The van der Waals surface area contributed by atoms with Gasteiger partial charge in [0.15, 0.2) is 0 Å². The summed E-state index contributed by atoms with van der Waals surface area (Å²) in [6.07, 6.45) is 5.01. The molecule has 1 amide bonds. The first-order valence-electron chi connectivity index (χ1n) is 7.45. The molecule has 0 aliphatic carbocycles. The van der Waals surface area contributed by atoms with E-state index < -0.39 is 0 Å². The molecule has 1 aromatic rings. The van der Waals surface area contributed by atoms with Crippen LogP contribution in [-0.2, 0) is 0 Å². The molecule has 5 nitrogen and oxygen atoms in total. The van der Waals surface area contributed by atoms with E-state index >= 15 is 0 Å². The summed E-state index contributed by atoms with van der Waals surface area (Å²) >= 11 is 0. The molecule has 2 aliphatic heterocycles. The Labute approximate surface area is 119 Å². The number of aliphatic hydroxyl groups excluding tert-OH is 1. The van der Waals surface area contributed by atoms with Crippen molar-refractivity contribution in [3.8, 4) is 0 Å². The first-order valence-corrected chi connectivity index (χ1v) is 7.45. The molecule has 2 aliphatic rings. The van der Waals surface area contributed by atoms with Crippen molar-refractivity contribution in [1.29, 1.82) is 0 Å². The van der Waals surface area contributed by atoms with Crippen LogP contribution < -0.4 is 5.73 Å². The van der Waals surface area contributed by atoms with E-state index in [4.69, 9.17) is 5.73 Å². The van der Waals surface area contributed by atoms with Gasteiger partial charge >= 0.3 is 0 Å². The molecule has 0 spiro atoms. The van der Waals surface area contributed by atoms with Gasteiger partial charge in [-0.25, -0.2) is 0 Å². The van der Waals surface area contributed by atoms with Crippen LogP contribution in [0.25, 0.3) is 0 Å². The summed E-state index contributed by atoms with van der Waals surface area (Å²) in [6, 6.07) is 2.35. The zero-order valence-corrected chi connectivity index (χ0v) is 12.1. The summed E-state index contributed by atoms with van der Waals surface area (Å²) in [5.74, 6) is 0.0646. The van der Waals surface area contributed by atoms with Gasteiger partial charge in [-0.05, 0) is 45.6 Å². The minimum absolute atomic E-state index is 0.0646. The topological polar surface area (TPSA) is 71.5 Å². The Kier molecular flexibility index (Phi) is 3.24. The fourth-order valence-corrected chi connectivity index (χ4v) is 3.71. The highest BCUT2D eigenvalue weighted by molar-refractivity contribution is 5.94. The fraction of sp³-hybridized carbons (Fsp3) is 0.667. The van der Waals surface area contributed by atoms with Crippen LogP contribution in [0.15, 0.2) is 12.3 Å². The second-order valence-corrected chi connectivity index (χ2v) is 6.38. The molecule has 3 rings (SSSR count). The maximum atomic E-state index is 12.9. The molecule has 3 N–H and O–H groups in total. The molecule has 2 fully saturated rings. The van der Waals surface area contributed by atoms with Crippen LogP contribution in [0.3, 0.4) is 0 Å². The molecule has 2 unspecified atom stereocenters. The minimum atomic E-state index is -0.251. The van der Waals surface area contributed by atoms with E-state index in [1.807, 2.05) is 29.5 Å². The Morgan fingerprint density at radius 3 is 2.50 bits per heavy atom. The molecular formula is C15H23N3O2. The van der Waals surface area contributed by atoms with Gasteiger partial charge in [0.05, 0.1) is 11.8 Å². The fourth-order valence-electron chi connectivity index (χ4n) is 3.71. The minimum Gasteiger partial charge on any atom is -0.397 e. The van der Waals surface area contributed by atoms with Gasteiger partial charge in [0, 0.05) is 24.3 Å². The van der Waals surface area contributed by atoms with Crippen molar-refractivity contribution < 1.29 is 9.90 Å². The third-order valence-electron chi connectivity index (χ3n) is 4.59. The average molecular weight is 277 g/mol. The lowest BCUT2D eigenvalue weighted by Gasteiger charge is -2.37. The highest BCUT2D eigenvalue weighted by atomic mass is 16.3. The summed E-state index contributed by atoms with van der Waals surface area (Å²) in [5.41, 5.74) is 7.16. The number of carbonyl (C=O) groups is 1. The molecule has 0 saturated carbocycles. The van der Waals surface area contributed by atoms with Gasteiger partial charge < -0.3 is 20.3 Å².